The summed E-state index contributed by atoms with van der Waals surface area (Å²) in [7, 11) is 0. The summed E-state index contributed by atoms with van der Waals surface area (Å²) in [6.45, 7) is 1.57. The van der Waals surface area contributed by atoms with E-state index in [4.69, 9.17) is 0 Å². The fourth-order valence-corrected chi connectivity index (χ4v) is 2.05. The minimum Gasteiger partial charge on any atom is -0.348 e. The van der Waals surface area contributed by atoms with Gasteiger partial charge in [-0.25, -0.2) is 4.39 Å². The largest absolute Gasteiger partial charge is 0.348 e. The first-order valence-electron chi connectivity index (χ1n) is 6.03. The van der Waals surface area contributed by atoms with Crippen LogP contribution in [0.1, 0.15) is 23.2 Å². The van der Waals surface area contributed by atoms with Crippen molar-refractivity contribution < 1.29 is 14.1 Å². The maximum atomic E-state index is 13.2. The summed E-state index contributed by atoms with van der Waals surface area (Å²) in [5.74, 6) is -1.28. The molecule has 0 saturated carbocycles. The van der Waals surface area contributed by atoms with Crippen molar-refractivity contribution in [2.75, 3.05) is 13.1 Å². The van der Waals surface area contributed by atoms with Gasteiger partial charge < -0.3 is 10.6 Å². The van der Waals surface area contributed by atoms with Gasteiger partial charge in [0.25, 0.3) is 11.6 Å². The average molecular weight is 304 g/mol. The maximum Gasteiger partial charge on any atom is 0.273 e. The summed E-state index contributed by atoms with van der Waals surface area (Å²) in [5, 5.41) is 16.5. The Morgan fingerprint density at radius 2 is 2.20 bits per heavy atom. The van der Waals surface area contributed by atoms with Crippen LogP contribution in [0.25, 0.3) is 0 Å². The highest BCUT2D eigenvalue weighted by atomic mass is 35.5. The molecule has 6 nitrogen and oxygen atoms in total. The van der Waals surface area contributed by atoms with Crippen LogP contribution in [-0.4, -0.2) is 30.0 Å². The SMILES string of the molecule is Cl.O=C(N[C@@H]1CCCNC1)c1cc(F)cc([N+](=O)[O-])c1. The lowest BCUT2D eigenvalue weighted by atomic mass is 10.1. The summed E-state index contributed by atoms with van der Waals surface area (Å²) in [6.07, 6.45) is 1.80. The molecule has 2 N–H and O–H groups in total. The number of piperidine rings is 1. The molecule has 0 radical (unpaired) electrons. The zero-order valence-corrected chi connectivity index (χ0v) is 11.4. The fourth-order valence-electron chi connectivity index (χ4n) is 2.05. The number of hydrogen-bond donors (Lipinski definition) is 2. The van der Waals surface area contributed by atoms with Gasteiger partial charge in [0.15, 0.2) is 0 Å². The van der Waals surface area contributed by atoms with Crippen LogP contribution in [0, 0.1) is 15.9 Å². The van der Waals surface area contributed by atoms with Gasteiger partial charge in [0.2, 0.25) is 0 Å². The Bertz CT molecular complexity index is 507. The molecule has 1 aromatic rings. The summed E-state index contributed by atoms with van der Waals surface area (Å²) in [5.41, 5.74) is -0.454. The molecule has 1 amide bonds. The minimum absolute atomic E-state index is 0. The third kappa shape index (κ3) is 4.14. The molecule has 1 aromatic carbocycles. The van der Waals surface area contributed by atoms with Gasteiger partial charge in [-0.15, -0.1) is 12.4 Å². The first-order valence-corrected chi connectivity index (χ1v) is 6.03. The Labute approximate surface area is 121 Å². The number of nitrogens with one attached hydrogen (secondary N) is 2. The lowest BCUT2D eigenvalue weighted by Crippen LogP contribution is -2.45. The Kier molecular flexibility index (Phi) is 5.84. The summed E-state index contributed by atoms with van der Waals surface area (Å²) in [6, 6.07) is 2.84. The predicted molar refractivity (Wildman–Crippen MR) is 73.7 cm³/mol. The van der Waals surface area contributed by atoms with Crippen LogP contribution in [0.2, 0.25) is 0 Å². The quantitative estimate of drug-likeness (QED) is 0.657. The molecule has 20 heavy (non-hydrogen) atoms. The second-order valence-electron chi connectivity index (χ2n) is 4.47. The number of benzene rings is 1. The molecule has 0 aromatic heterocycles. The lowest BCUT2D eigenvalue weighted by Gasteiger charge is -2.23. The highest BCUT2D eigenvalue weighted by Gasteiger charge is 2.19. The summed E-state index contributed by atoms with van der Waals surface area (Å²) in [4.78, 5) is 21.8. The third-order valence-corrected chi connectivity index (χ3v) is 2.99. The van der Waals surface area contributed by atoms with Gasteiger partial charge in [-0.3, -0.25) is 14.9 Å². The molecular weight excluding hydrogens is 289 g/mol. The van der Waals surface area contributed by atoms with E-state index in [1.54, 1.807) is 0 Å². The number of hydrogen-bond acceptors (Lipinski definition) is 4. The van der Waals surface area contributed by atoms with E-state index in [2.05, 4.69) is 10.6 Å². The summed E-state index contributed by atoms with van der Waals surface area (Å²) >= 11 is 0. The van der Waals surface area contributed by atoms with Crippen molar-refractivity contribution in [3.8, 4) is 0 Å². The first kappa shape index (κ1) is 16.3. The monoisotopic (exact) mass is 303 g/mol. The fraction of sp³-hybridized carbons (Fsp3) is 0.417. The van der Waals surface area contributed by atoms with Gasteiger partial charge in [0.05, 0.1) is 11.0 Å². The van der Waals surface area contributed by atoms with Crippen molar-refractivity contribution in [3.63, 3.8) is 0 Å². The number of nitro groups is 1. The lowest BCUT2D eigenvalue weighted by molar-refractivity contribution is -0.385. The number of nitro benzene ring substituents is 1. The van der Waals surface area contributed by atoms with Crippen LogP contribution in [0.5, 0.6) is 0 Å². The van der Waals surface area contributed by atoms with E-state index in [1.165, 1.54) is 0 Å². The predicted octanol–water partition coefficient (Wildman–Crippen LogP) is 1.64. The molecule has 1 heterocycles. The summed E-state index contributed by atoms with van der Waals surface area (Å²) < 4.78 is 13.2. The van der Waals surface area contributed by atoms with E-state index in [0.29, 0.717) is 6.54 Å². The second kappa shape index (κ2) is 7.16. The molecule has 0 spiro atoms. The molecule has 1 saturated heterocycles. The number of halogens is 2. The zero-order chi connectivity index (χ0) is 13.8. The van der Waals surface area contributed by atoms with E-state index < -0.39 is 22.3 Å². The molecule has 0 bridgehead atoms. The Morgan fingerprint density at radius 3 is 2.80 bits per heavy atom. The topological polar surface area (TPSA) is 84.3 Å². The van der Waals surface area contributed by atoms with Crippen LogP contribution in [-0.2, 0) is 0 Å². The molecular formula is C12H15ClFN3O3. The number of carbonyl (C=O) groups excluding carboxylic acids is 1. The van der Waals surface area contributed by atoms with Crippen molar-refractivity contribution in [2.45, 2.75) is 18.9 Å². The first-order chi connectivity index (χ1) is 9.06. The van der Waals surface area contributed by atoms with Crippen LogP contribution in [0.3, 0.4) is 0 Å². The molecule has 110 valence electrons. The normalized spacial score (nSPS) is 17.9. The van der Waals surface area contributed by atoms with Gasteiger partial charge in [-0.05, 0) is 25.5 Å². The van der Waals surface area contributed by atoms with E-state index in [1.807, 2.05) is 0 Å². The third-order valence-electron chi connectivity index (χ3n) is 2.99. The molecule has 1 atom stereocenters. The molecule has 1 aliphatic rings. The van der Waals surface area contributed by atoms with E-state index in [9.17, 15) is 19.3 Å². The zero-order valence-electron chi connectivity index (χ0n) is 10.6. The molecule has 0 aliphatic carbocycles. The van der Waals surface area contributed by atoms with Gasteiger partial charge in [0, 0.05) is 24.2 Å². The average Bonchev–Trinajstić information content (AvgIpc) is 2.39. The molecule has 1 aliphatic heterocycles. The Hall–Kier alpha value is -1.73. The molecule has 8 heteroatoms. The van der Waals surface area contributed by atoms with E-state index >= 15 is 0 Å². The number of non-ortho nitro benzene ring substituents is 1. The number of nitrogens with zero attached hydrogens (tertiary/aromatic N) is 1. The van der Waals surface area contributed by atoms with Crippen LogP contribution >= 0.6 is 12.4 Å². The molecule has 1 fully saturated rings. The highest BCUT2D eigenvalue weighted by molar-refractivity contribution is 5.95. The standard InChI is InChI=1S/C12H14FN3O3.ClH/c13-9-4-8(5-11(6-9)16(18)19)12(17)15-10-2-1-3-14-7-10;/h4-6,10,14H,1-3,7H2,(H,15,17);1H/t10-;/m1./s1. The number of carbonyl (C=O) groups is 1. The number of rotatable bonds is 3. The van der Waals surface area contributed by atoms with Crippen molar-refractivity contribution in [2.24, 2.45) is 0 Å². The van der Waals surface area contributed by atoms with Crippen LogP contribution < -0.4 is 10.6 Å². The molecule has 2 rings (SSSR count). The molecule has 0 unspecified atom stereocenters. The smallest absolute Gasteiger partial charge is 0.273 e. The van der Waals surface area contributed by atoms with Crippen LogP contribution in [0.15, 0.2) is 18.2 Å². The van der Waals surface area contributed by atoms with Gasteiger partial charge >= 0.3 is 0 Å². The maximum absolute atomic E-state index is 13.2. The van der Waals surface area contributed by atoms with Crippen molar-refractivity contribution >= 4 is 24.0 Å². The van der Waals surface area contributed by atoms with Crippen molar-refractivity contribution in [1.82, 2.24) is 10.6 Å². The van der Waals surface area contributed by atoms with Crippen LogP contribution in [0.4, 0.5) is 10.1 Å². The number of amides is 1. The van der Waals surface area contributed by atoms with E-state index in [0.717, 1.165) is 37.6 Å². The minimum atomic E-state index is -0.791. The van der Waals surface area contributed by atoms with Gasteiger partial charge in [-0.2, -0.15) is 0 Å². The van der Waals surface area contributed by atoms with Gasteiger partial charge in [-0.1, -0.05) is 0 Å². The van der Waals surface area contributed by atoms with E-state index in [-0.39, 0.29) is 24.0 Å². The second-order valence-corrected chi connectivity index (χ2v) is 4.47. The Balaban J connectivity index is 0.00000200. The Morgan fingerprint density at radius 1 is 1.45 bits per heavy atom. The van der Waals surface area contributed by atoms with Gasteiger partial charge in [0.1, 0.15) is 5.82 Å². The highest BCUT2D eigenvalue weighted by Crippen LogP contribution is 2.16. The van der Waals surface area contributed by atoms with Crippen molar-refractivity contribution in [3.05, 3.63) is 39.7 Å². The van der Waals surface area contributed by atoms with Crippen molar-refractivity contribution in [1.29, 1.82) is 0 Å².